The summed E-state index contributed by atoms with van der Waals surface area (Å²) < 4.78 is 0.471. The Kier molecular flexibility index (Phi) is 4.21. The molecule has 6 nitrogen and oxygen atoms in total. The van der Waals surface area contributed by atoms with Gasteiger partial charge in [-0.1, -0.05) is 0 Å². The standard InChI is InChI=1S/C10H5BrN4O2/c11-9-3-8(15(16)17)1-2-10(9)14-6-7(4-12)5-13/h1-3,6,14H. The molecule has 7 heteroatoms. The number of nitrogens with zero attached hydrogens (tertiary/aromatic N) is 3. The first kappa shape index (κ1) is 12.7. The van der Waals surface area contributed by atoms with Crippen molar-refractivity contribution >= 4 is 27.3 Å². The fourth-order valence-electron chi connectivity index (χ4n) is 0.974. The highest BCUT2D eigenvalue weighted by molar-refractivity contribution is 9.10. The molecule has 17 heavy (non-hydrogen) atoms. The van der Waals surface area contributed by atoms with Crippen LogP contribution in [-0.4, -0.2) is 4.92 Å². The zero-order valence-electron chi connectivity index (χ0n) is 8.35. The molecule has 1 aromatic rings. The van der Waals surface area contributed by atoms with Crippen LogP contribution in [0.4, 0.5) is 11.4 Å². The van der Waals surface area contributed by atoms with Gasteiger partial charge in [0.1, 0.15) is 17.7 Å². The predicted octanol–water partition coefficient (Wildman–Crippen LogP) is 2.70. The van der Waals surface area contributed by atoms with Crippen molar-refractivity contribution in [1.29, 1.82) is 10.5 Å². The molecule has 1 aromatic carbocycles. The highest BCUT2D eigenvalue weighted by Crippen LogP contribution is 2.27. The molecule has 0 heterocycles. The Morgan fingerprint density at radius 1 is 1.47 bits per heavy atom. The SMILES string of the molecule is N#CC(C#N)=CNc1ccc([N+](=O)[O-])cc1Br. The average Bonchev–Trinajstić information content (AvgIpc) is 2.31. The number of allylic oxidation sites excluding steroid dienone is 1. The number of nitro groups is 1. The van der Waals surface area contributed by atoms with E-state index in [-0.39, 0.29) is 11.3 Å². The van der Waals surface area contributed by atoms with E-state index in [4.69, 9.17) is 10.5 Å². The van der Waals surface area contributed by atoms with Crippen molar-refractivity contribution in [2.45, 2.75) is 0 Å². The summed E-state index contributed by atoms with van der Waals surface area (Å²) in [5.74, 6) is 0. The number of anilines is 1. The predicted molar refractivity (Wildman–Crippen MR) is 63.7 cm³/mol. The van der Waals surface area contributed by atoms with Crippen LogP contribution in [-0.2, 0) is 0 Å². The van der Waals surface area contributed by atoms with Crippen LogP contribution in [0, 0.1) is 32.8 Å². The lowest BCUT2D eigenvalue weighted by Crippen LogP contribution is -1.93. The molecule has 0 saturated heterocycles. The Morgan fingerprint density at radius 3 is 2.59 bits per heavy atom. The first-order valence-electron chi connectivity index (χ1n) is 4.29. The van der Waals surface area contributed by atoms with Gasteiger partial charge in [0.05, 0.1) is 10.6 Å². The van der Waals surface area contributed by atoms with Crippen LogP contribution in [0.5, 0.6) is 0 Å². The Labute approximate surface area is 105 Å². The molecule has 0 saturated carbocycles. The summed E-state index contributed by atoms with van der Waals surface area (Å²) in [5.41, 5.74) is 0.390. The molecule has 0 spiro atoms. The number of hydrogen-bond donors (Lipinski definition) is 1. The molecule has 84 valence electrons. The highest BCUT2D eigenvalue weighted by Gasteiger charge is 2.08. The van der Waals surface area contributed by atoms with Gasteiger partial charge in [-0.15, -0.1) is 0 Å². The van der Waals surface area contributed by atoms with E-state index in [1.807, 2.05) is 0 Å². The summed E-state index contributed by atoms with van der Waals surface area (Å²) in [5, 5.41) is 30.2. The molecule has 0 unspecified atom stereocenters. The van der Waals surface area contributed by atoms with Gasteiger partial charge in [-0.3, -0.25) is 10.1 Å². The smallest absolute Gasteiger partial charge is 0.270 e. The first-order chi connectivity index (χ1) is 8.08. The Hall–Kier alpha value is -2.38. The van der Waals surface area contributed by atoms with Gasteiger partial charge < -0.3 is 5.32 Å². The molecule has 0 aliphatic rings. The van der Waals surface area contributed by atoms with Gasteiger partial charge in [-0.2, -0.15) is 10.5 Å². The number of benzene rings is 1. The number of non-ortho nitro benzene ring substituents is 1. The molecule has 0 radical (unpaired) electrons. The van der Waals surface area contributed by atoms with Crippen LogP contribution in [0.25, 0.3) is 0 Å². The number of nitriles is 2. The van der Waals surface area contributed by atoms with E-state index in [0.717, 1.165) is 0 Å². The number of halogens is 1. The van der Waals surface area contributed by atoms with Crippen molar-refractivity contribution in [1.82, 2.24) is 0 Å². The summed E-state index contributed by atoms with van der Waals surface area (Å²) in [6, 6.07) is 7.49. The molecule has 0 aliphatic heterocycles. The van der Waals surface area contributed by atoms with E-state index in [9.17, 15) is 10.1 Å². The van der Waals surface area contributed by atoms with E-state index in [1.54, 1.807) is 12.1 Å². The molecule has 0 atom stereocenters. The lowest BCUT2D eigenvalue weighted by atomic mass is 10.3. The fourth-order valence-corrected chi connectivity index (χ4v) is 1.46. The van der Waals surface area contributed by atoms with Crippen molar-refractivity contribution in [3.63, 3.8) is 0 Å². The van der Waals surface area contributed by atoms with Gasteiger partial charge in [0, 0.05) is 22.8 Å². The van der Waals surface area contributed by atoms with E-state index in [2.05, 4.69) is 21.2 Å². The van der Waals surface area contributed by atoms with Gasteiger partial charge in [-0.05, 0) is 22.0 Å². The first-order valence-corrected chi connectivity index (χ1v) is 5.08. The Morgan fingerprint density at radius 2 is 2.12 bits per heavy atom. The third kappa shape index (κ3) is 3.30. The van der Waals surface area contributed by atoms with Crippen molar-refractivity contribution < 1.29 is 4.92 Å². The number of nitrogens with one attached hydrogen (secondary N) is 1. The fraction of sp³-hybridized carbons (Fsp3) is 0. The van der Waals surface area contributed by atoms with Crippen LogP contribution in [0.1, 0.15) is 0 Å². The molecule has 0 aromatic heterocycles. The van der Waals surface area contributed by atoms with Crippen molar-refractivity contribution in [3.8, 4) is 12.1 Å². The van der Waals surface area contributed by atoms with E-state index in [0.29, 0.717) is 10.2 Å². The van der Waals surface area contributed by atoms with Crippen molar-refractivity contribution in [3.05, 3.63) is 44.6 Å². The van der Waals surface area contributed by atoms with Gasteiger partial charge in [0.15, 0.2) is 0 Å². The van der Waals surface area contributed by atoms with E-state index in [1.165, 1.54) is 24.4 Å². The quantitative estimate of drug-likeness (QED) is 0.524. The van der Waals surface area contributed by atoms with E-state index >= 15 is 0 Å². The molecule has 0 fully saturated rings. The minimum absolute atomic E-state index is 0.0489. The molecule has 1 rings (SSSR count). The number of rotatable bonds is 3. The van der Waals surface area contributed by atoms with Crippen molar-refractivity contribution in [2.24, 2.45) is 0 Å². The summed E-state index contributed by atoms with van der Waals surface area (Å²) in [4.78, 5) is 9.98. The Balaban J connectivity index is 2.96. The van der Waals surface area contributed by atoms with Crippen LogP contribution < -0.4 is 5.32 Å². The highest BCUT2D eigenvalue weighted by atomic mass is 79.9. The van der Waals surface area contributed by atoms with Crippen LogP contribution in [0.15, 0.2) is 34.4 Å². The van der Waals surface area contributed by atoms with Gasteiger partial charge in [0.2, 0.25) is 0 Å². The van der Waals surface area contributed by atoms with Crippen molar-refractivity contribution in [2.75, 3.05) is 5.32 Å². The zero-order chi connectivity index (χ0) is 12.8. The minimum Gasteiger partial charge on any atom is -0.359 e. The van der Waals surface area contributed by atoms with Gasteiger partial charge in [-0.25, -0.2) is 0 Å². The lowest BCUT2D eigenvalue weighted by Gasteiger charge is -2.03. The normalized spacial score (nSPS) is 8.65. The monoisotopic (exact) mass is 292 g/mol. The second kappa shape index (κ2) is 5.64. The number of hydrogen-bond acceptors (Lipinski definition) is 5. The summed E-state index contributed by atoms with van der Waals surface area (Å²) in [6.45, 7) is 0. The molecule has 1 N–H and O–H groups in total. The molecule has 0 bridgehead atoms. The maximum atomic E-state index is 10.5. The molecule has 0 aliphatic carbocycles. The van der Waals surface area contributed by atoms with Gasteiger partial charge in [0.25, 0.3) is 5.69 Å². The molecular formula is C10H5BrN4O2. The van der Waals surface area contributed by atoms with Gasteiger partial charge >= 0.3 is 0 Å². The number of nitro benzene ring substituents is 1. The Bertz CT molecular complexity index is 553. The molecule has 0 amide bonds. The topological polar surface area (TPSA) is 103 Å². The summed E-state index contributed by atoms with van der Waals surface area (Å²) >= 11 is 3.15. The summed E-state index contributed by atoms with van der Waals surface area (Å²) in [6.07, 6.45) is 1.23. The third-order valence-electron chi connectivity index (χ3n) is 1.78. The second-order valence-electron chi connectivity index (χ2n) is 2.85. The summed E-state index contributed by atoms with van der Waals surface area (Å²) in [7, 11) is 0. The minimum atomic E-state index is -0.514. The third-order valence-corrected chi connectivity index (χ3v) is 2.43. The van der Waals surface area contributed by atoms with Crippen LogP contribution in [0.2, 0.25) is 0 Å². The van der Waals surface area contributed by atoms with E-state index < -0.39 is 4.92 Å². The van der Waals surface area contributed by atoms with Crippen LogP contribution in [0.3, 0.4) is 0 Å². The maximum absolute atomic E-state index is 10.5. The largest absolute Gasteiger partial charge is 0.359 e. The zero-order valence-corrected chi connectivity index (χ0v) is 9.93. The lowest BCUT2D eigenvalue weighted by molar-refractivity contribution is -0.384. The maximum Gasteiger partial charge on any atom is 0.270 e. The average molecular weight is 293 g/mol. The second-order valence-corrected chi connectivity index (χ2v) is 3.70. The molecular weight excluding hydrogens is 288 g/mol. The van der Waals surface area contributed by atoms with Crippen LogP contribution >= 0.6 is 15.9 Å².